The molecule has 5 nitrogen and oxygen atoms in total. The fourth-order valence-electron chi connectivity index (χ4n) is 2.02. The number of allylic oxidation sites excluding steroid dienone is 2. The third kappa shape index (κ3) is 1.99. The molecule has 0 radical (unpaired) electrons. The van der Waals surface area contributed by atoms with E-state index in [4.69, 9.17) is 4.74 Å². The van der Waals surface area contributed by atoms with Gasteiger partial charge in [0, 0.05) is 11.9 Å². The molecule has 3 heterocycles. The minimum absolute atomic E-state index is 0.309. The first-order valence-electron chi connectivity index (χ1n) is 5.85. The summed E-state index contributed by atoms with van der Waals surface area (Å²) in [6, 6.07) is 5.39. The first-order valence-corrected chi connectivity index (χ1v) is 5.85. The topological polar surface area (TPSA) is 53.4 Å². The summed E-state index contributed by atoms with van der Waals surface area (Å²) < 4.78 is 11.8. The summed E-state index contributed by atoms with van der Waals surface area (Å²) in [6.45, 7) is 0.555. The van der Waals surface area contributed by atoms with Gasteiger partial charge in [0.05, 0.1) is 24.4 Å². The van der Waals surface area contributed by atoms with E-state index in [1.54, 1.807) is 12.3 Å². The Labute approximate surface area is 109 Å². The van der Waals surface area contributed by atoms with Crippen LogP contribution in [0.1, 0.15) is 10.5 Å². The molecule has 1 aliphatic rings. The predicted molar refractivity (Wildman–Crippen MR) is 70.4 cm³/mol. The molecule has 0 amide bonds. The largest absolute Gasteiger partial charge is 0.497 e. The van der Waals surface area contributed by atoms with Crippen molar-refractivity contribution in [1.29, 1.82) is 0 Å². The number of esters is 1. The Bertz CT molecular complexity index is 698. The Morgan fingerprint density at radius 1 is 1.42 bits per heavy atom. The third-order valence-corrected chi connectivity index (χ3v) is 2.94. The molecule has 0 N–H and O–H groups in total. The van der Waals surface area contributed by atoms with E-state index in [9.17, 15) is 4.79 Å². The highest BCUT2D eigenvalue weighted by atomic mass is 16.5. The van der Waals surface area contributed by atoms with Crippen molar-refractivity contribution in [2.75, 3.05) is 13.7 Å². The SMILES string of the molecule is COC(=O)c1ccc2c(ccn2C2=CCOC=C2)n1. The van der Waals surface area contributed by atoms with E-state index in [-0.39, 0.29) is 0 Å². The second kappa shape index (κ2) is 4.61. The molecule has 1 aliphatic heterocycles. The summed E-state index contributed by atoms with van der Waals surface area (Å²) in [5.74, 6) is -0.431. The van der Waals surface area contributed by atoms with Crippen LogP contribution in [-0.2, 0) is 9.47 Å². The maximum absolute atomic E-state index is 11.4. The van der Waals surface area contributed by atoms with E-state index in [2.05, 4.69) is 9.72 Å². The summed E-state index contributed by atoms with van der Waals surface area (Å²) in [6.07, 6.45) is 7.45. The van der Waals surface area contributed by atoms with Gasteiger partial charge in [0.2, 0.25) is 0 Å². The number of carbonyl (C=O) groups is 1. The van der Waals surface area contributed by atoms with Gasteiger partial charge in [-0.05, 0) is 30.4 Å². The molecule has 3 rings (SSSR count). The highest BCUT2D eigenvalue weighted by Gasteiger charge is 2.11. The maximum atomic E-state index is 11.4. The molecule has 0 unspecified atom stereocenters. The Morgan fingerprint density at radius 3 is 3.05 bits per heavy atom. The van der Waals surface area contributed by atoms with Gasteiger partial charge >= 0.3 is 5.97 Å². The number of hydrogen-bond donors (Lipinski definition) is 0. The monoisotopic (exact) mass is 256 g/mol. The summed E-state index contributed by atoms with van der Waals surface area (Å²) in [7, 11) is 1.34. The Morgan fingerprint density at radius 2 is 2.32 bits per heavy atom. The standard InChI is InChI=1S/C14H12N2O3/c1-18-14(17)12-2-3-13-11(15-12)4-7-16(13)10-5-8-19-9-6-10/h2-8H,9H2,1H3. The van der Waals surface area contributed by atoms with E-state index in [0.717, 1.165) is 16.7 Å². The first kappa shape index (κ1) is 11.5. The zero-order chi connectivity index (χ0) is 13.2. The fourth-order valence-corrected chi connectivity index (χ4v) is 2.02. The summed E-state index contributed by atoms with van der Waals surface area (Å²) >= 11 is 0. The van der Waals surface area contributed by atoms with Crippen LogP contribution >= 0.6 is 0 Å². The van der Waals surface area contributed by atoms with Crippen LogP contribution < -0.4 is 0 Å². The quantitative estimate of drug-likeness (QED) is 0.773. The molecule has 5 heteroatoms. The van der Waals surface area contributed by atoms with Gasteiger partial charge in [-0.15, -0.1) is 0 Å². The lowest BCUT2D eigenvalue weighted by Gasteiger charge is -2.10. The molecule has 2 aromatic heterocycles. The number of ether oxygens (including phenoxy) is 2. The number of hydrogen-bond acceptors (Lipinski definition) is 4. The van der Waals surface area contributed by atoms with E-state index in [1.165, 1.54) is 7.11 Å². The van der Waals surface area contributed by atoms with Gasteiger partial charge in [0.15, 0.2) is 0 Å². The average molecular weight is 256 g/mol. The van der Waals surface area contributed by atoms with Gasteiger partial charge in [-0.1, -0.05) is 0 Å². The molecule has 0 saturated heterocycles. The highest BCUT2D eigenvalue weighted by molar-refractivity contribution is 5.91. The van der Waals surface area contributed by atoms with Crippen LogP contribution in [0.25, 0.3) is 16.7 Å². The molecule has 0 aromatic carbocycles. The smallest absolute Gasteiger partial charge is 0.356 e. The number of pyridine rings is 1. The zero-order valence-corrected chi connectivity index (χ0v) is 10.4. The normalized spacial score (nSPS) is 14.1. The van der Waals surface area contributed by atoms with Crippen LogP contribution in [0.2, 0.25) is 0 Å². The minimum atomic E-state index is -0.431. The molecule has 0 spiro atoms. The number of nitrogens with zero attached hydrogens (tertiary/aromatic N) is 2. The van der Waals surface area contributed by atoms with Crippen molar-refractivity contribution < 1.29 is 14.3 Å². The van der Waals surface area contributed by atoms with E-state index >= 15 is 0 Å². The van der Waals surface area contributed by atoms with Crippen LogP contribution in [-0.4, -0.2) is 29.2 Å². The second-order valence-electron chi connectivity index (χ2n) is 4.04. The molecule has 0 fully saturated rings. The van der Waals surface area contributed by atoms with Crippen molar-refractivity contribution in [3.05, 3.63) is 48.5 Å². The number of aromatic nitrogens is 2. The van der Waals surface area contributed by atoms with Gasteiger partial charge in [-0.25, -0.2) is 9.78 Å². The third-order valence-electron chi connectivity index (χ3n) is 2.94. The molecule has 0 bridgehead atoms. The second-order valence-corrected chi connectivity index (χ2v) is 4.04. The molecule has 2 aromatic rings. The lowest BCUT2D eigenvalue weighted by atomic mass is 10.3. The van der Waals surface area contributed by atoms with Gasteiger partial charge < -0.3 is 14.0 Å². The van der Waals surface area contributed by atoms with Crippen molar-refractivity contribution in [2.45, 2.75) is 0 Å². The van der Waals surface area contributed by atoms with Crippen molar-refractivity contribution >= 4 is 22.7 Å². The van der Waals surface area contributed by atoms with Crippen molar-refractivity contribution in [3.8, 4) is 0 Å². The lowest BCUT2D eigenvalue weighted by molar-refractivity contribution is 0.0594. The predicted octanol–water partition coefficient (Wildman–Crippen LogP) is 2.21. The molecule has 96 valence electrons. The van der Waals surface area contributed by atoms with Gasteiger partial charge in [-0.3, -0.25) is 0 Å². The zero-order valence-electron chi connectivity index (χ0n) is 10.4. The van der Waals surface area contributed by atoms with Crippen LogP contribution in [0, 0.1) is 0 Å². The van der Waals surface area contributed by atoms with Gasteiger partial charge in [-0.2, -0.15) is 0 Å². The number of carbonyl (C=O) groups excluding carboxylic acids is 1. The Hall–Kier alpha value is -2.56. The number of rotatable bonds is 2. The highest BCUT2D eigenvalue weighted by Crippen LogP contribution is 2.21. The first-order chi connectivity index (χ1) is 9.29. The summed E-state index contributed by atoms with van der Waals surface area (Å²) in [4.78, 5) is 15.7. The summed E-state index contributed by atoms with van der Waals surface area (Å²) in [5, 5.41) is 0. The van der Waals surface area contributed by atoms with E-state index < -0.39 is 5.97 Å². The van der Waals surface area contributed by atoms with Crippen LogP contribution in [0.5, 0.6) is 0 Å². The Kier molecular flexibility index (Phi) is 2.79. The van der Waals surface area contributed by atoms with Crippen molar-refractivity contribution in [3.63, 3.8) is 0 Å². The van der Waals surface area contributed by atoms with E-state index in [1.807, 2.05) is 35.0 Å². The van der Waals surface area contributed by atoms with Crippen molar-refractivity contribution in [2.24, 2.45) is 0 Å². The van der Waals surface area contributed by atoms with Crippen LogP contribution in [0.15, 0.2) is 42.8 Å². The minimum Gasteiger partial charge on any atom is -0.497 e. The fraction of sp³-hybridized carbons (Fsp3) is 0.143. The molecule has 19 heavy (non-hydrogen) atoms. The molecular formula is C14H12N2O3. The summed E-state index contributed by atoms with van der Waals surface area (Å²) in [5.41, 5.74) is 3.02. The lowest BCUT2D eigenvalue weighted by Crippen LogP contribution is -2.04. The molecule has 0 aliphatic carbocycles. The average Bonchev–Trinajstić information content (AvgIpc) is 2.90. The molecule has 0 saturated carbocycles. The Balaban J connectivity index is 2.07. The molecule has 0 atom stereocenters. The molecular weight excluding hydrogens is 244 g/mol. The maximum Gasteiger partial charge on any atom is 0.356 e. The number of methoxy groups -OCH3 is 1. The number of fused-ring (bicyclic) bond motifs is 1. The van der Waals surface area contributed by atoms with Crippen LogP contribution in [0.4, 0.5) is 0 Å². The van der Waals surface area contributed by atoms with Crippen molar-refractivity contribution in [1.82, 2.24) is 9.55 Å². The van der Waals surface area contributed by atoms with Gasteiger partial charge in [0.25, 0.3) is 0 Å². The van der Waals surface area contributed by atoms with Crippen LogP contribution in [0.3, 0.4) is 0 Å². The van der Waals surface area contributed by atoms with E-state index in [0.29, 0.717) is 12.3 Å². The van der Waals surface area contributed by atoms with Gasteiger partial charge in [0.1, 0.15) is 12.3 Å².